The summed E-state index contributed by atoms with van der Waals surface area (Å²) in [5.41, 5.74) is 6.90. The van der Waals surface area contributed by atoms with Gasteiger partial charge in [-0.15, -0.1) is 11.3 Å². The molecule has 1 aromatic carbocycles. The molecule has 1 unspecified atom stereocenters. The van der Waals surface area contributed by atoms with Crippen LogP contribution in [0.15, 0.2) is 42.5 Å². The van der Waals surface area contributed by atoms with Crippen molar-refractivity contribution in [2.24, 2.45) is 5.73 Å². The first-order chi connectivity index (χ1) is 13.4. The number of aliphatic hydroxyl groups is 1. The number of anilines is 2. The van der Waals surface area contributed by atoms with Crippen LogP contribution in [0, 0.1) is 5.82 Å². The normalized spacial score (nSPS) is 11.8. The Kier molecular flexibility index (Phi) is 5.81. The zero-order chi connectivity index (χ0) is 20.3. The maximum Gasteiger partial charge on any atom is 0.251 e. The van der Waals surface area contributed by atoms with Crippen LogP contribution in [0.1, 0.15) is 33.3 Å². The van der Waals surface area contributed by atoms with Crippen molar-refractivity contribution in [1.29, 1.82) is 0 Å². The summed E-state index contributed by atoms with van der Waals surface area (Å²) in [6.07, 6.45) is 0.392. The highest BCUT2D eigenvalue weighted by molar-refractivity contribution is 7.19. The third-order valence-electron chi connectivity index (χ3n) is 3.96. The van der Waals surface area contributed by atoms with Gasteiger partial charge in [0.1, 0.15) is 22.3 Å². The predicted octanol–water partition coefficient (Wildman–Crippen LogP) is 3.53. The molecular formula is C20H18FN3O3S. The lowest BCUT2D eigenvalue weighted by Gasteiger charge is -2.07. The van der Waals surface area contributed by atoms with Gasteiger partial charge in [0, 0.05) is 10.4 Å². The zero-order valence-corrected chi connectivity index (χ0v) is 15.8. The van der Waals surface area contributed by atoms with Gasteiger partial charge in [-0.2, -0.15) is 0 Å². The number of hydrogen-bond donors (Lipinski definition) is 3. The smallest absolute Gasteiger partial charge is 0.251 e. The topological polar surface area (TPSA) is 105 Å². The first kappa shape index (κ1) is 19.7. The fraction of sp³-hybridized carbons (Fsp3) is 0.150. The minimum absolute atomic E-state index is 0.200. The number of aliphatic hydroxyl groups excluding tert-OH is 1. The number of primary amides is 1. The molecule has 2 heterocycles. The number of nitrogens with one attached hydrogen (secondary N) is 1. The van der Waals surface area contributed by atoms with Crippen LogP contribution >= 0.6 is 11.3 Å². The van der Waals surface area contributed by atoms with Gasteiger partial charge in [0.15, 0.2) is 6.29 Å². The highest BCUT2D eigenvalue weighted by Gasteiger charge is 2.18. The number of hydrogen-bond acceptors (Lipinski definition) is 6. The summed E-state index contributed by atoms with van der Waals surface area (Å²) < 4.78 is 14.6. The van der Waals surface area contributed by atoms with Crippen molar-refractivity contribution in [1.82, 2.24) is 4.98 Å². The highest BCUT2D eigenvalue weighted by Crippen LogP contribution is 2.38. The number of rotatable bonds is 7. The minimum Gasteiger partial charge on any atom is -0.393 e. The van der Waals surface area contributed by atoms with Gasteiger partial charge in [0.2, 0.25) is 0 Å². The van der Waals surface area contributed by atoms with E-state index in [0.717, 1.165) is 11.3 Å². The molecular weight excluding hydrogens is 381 g/mol. The summed E-state index contributed by atoms with van der Waals surface area (Å²) in [4.78, 5) is 27.3. The van der Waals surface area contributed by atoms with E-state index >= 15 is 0 Å². The van der Waals surface area contributed by atoms with Crippen LogP contribution in [-0.4, -0.2) is 28.4 Å². The third kappa shape index (κ3) is 4.41. The molecule has 4 N–H and O–H groups in total. The van der Waals surface area contributed by atoms with E-state index in [0.29, 0.717) is 39.5 Å². The predicted molar refractivity (Wildman–Crippen MR) is 107 cm³/mol. The van der Waals surface area contributed by atoms with Gasteiger partial charge in [-0.3, -0.25) is 9.59 Å². The van der Waals surface area contributed by atoms with Crippen LogP contribution in [0.25, 0.3) is 10.4 Å². The molecule has 0 saturated carbocycles. The Morgan fingerprint density at radius 3 is 2.79 bits per heavy atom. The largest absolute Gasteiger partial charge is 0.393 e. The Morgan fingerprint density at radius 1 is 1.36 bits per heavy atom. The number of carbonyl (C=O) groups excluding carboxylic acids is 2. The standard InChI is InChI=1S/C20H18FN3O3S/c1-11(26)7-12-5-6-14(16(21)8-12)17-9-15(19(22)27)20(28-17)24-18-4-2-3-13(10-25)23-18/h2-6,8-11,26H,7H2,1H3,(H2,22,27)(H,23,24). The lowest BCUT2D eigenvalue weighted by atomic mass is 10.0. The number of halogens is 1. The Bertz CT molecular complexity index is 1030. The number of pyridine rings is 1. The van der Waals surface area contributed by atoms with E-state index in [2.05, 4.69) is 10.3 Å². The van der Waals surface area contributed by atoms with Crippen LogP contribution in [0.2, 0.25) is 0 Å². The zero-order valence-electron chi connectivity index (χ0n) is 15.0. The molecule has 3 rings (SSSR count). The number of nitrogens with zero attached hydrogens (tertiary/aromatic N) is 1. The second-order valence-electron chi connectivity index (χ2n) is 6.28. The molecule has 0 saturated heterocycles. The van der Waals surface area contributed by atoms with Gasteiger partial charge in [-0.1, -0.05) is 18.2 Å². The molecule has 1 amide bonds. The monoisotopic (exact) mass is 399 g/mol. The van der Waals surface area contributed by atoms with Gasteiger partial charge < -0.3 is 16.2 Å². The molecule has 0 bridgehead atoms. The molecule has 6 nitrogen and oxygen atoms in total. The number of benzene rings is 1. The molecule has 0 fully saturated rings. The van der Waals surface area contributed by atoms with Crippen molar-refractivity contribution in [2.75, 3.05) is 5.32 Å². The minimum atomic E-state index is -0.664. The highest BCUT2D eigenvalue weighted by atomic mass is 32.1. The molecule has 2 aromatic heterocycles. The molecule has 1 atom stereocenters. The first-order valence-corrected chi connectivity index (χ1v) is 9.28. The van der Waals surface area contributed by atoms with Gasteiger partial charge in [0.25, 0.3) is 5.91 Å². The lowest BCUT2D eigenvalue weighted by molar-refractivity contribution is 0.100. The van der Waals surface area contributed by atoms with Crippen LogP contribution in [0.5, 0.6) is 0 Å². The number of thiophene rings is 1. The quantitative estimate of drug-likeness (QED) is 0.527. The molecule has 28 heavy (non-hydrogen) atoms. The van der Waals surface area contributed by atoms with E-state index in [-0.39, 0.29) is 11.3 Å². The number of aldehydes is 1. The summed E-state index contributed by atoms with van der Waals surface area (Å²) in [5, 5.41) is 12.8. The fourth-order valence-corrected chi connectivity index (χ4v) is 3.83. The van der Waals surface area contributed by atoms with Crippen molar-refractivity contribution in [2.45, 2.75) is 19.4 Å². The van der Waals surface area contributed by atoms with E-state index in [1.165, 1.54) is 12.1 Å². The Hall–Kier alpha value is -3.10. The second kappa shape index (κ2) is 8.28. The molecule has 0 aliphatic rings. The van der Waals surface area contributed by atoms with Gasteiger partial charge in [-0.25, -0.2) is 9.37 Å². The first-order valence-electron chi connectivity index (χ1n) is 8.47. The molecule has 0 spiro atoms. The summed E-state index contributed by atoms with van der Waals surface area (Å²) in [7, 11) is 0. The van der Waals surface area contributed by atoms with Gasteiger partial charge >= 0.3 is 0 Å². The number of carbonyl (C=O) groups is 2. The van der Waals surface area contributed by atoms with Crippen LogP contribution in [0.3, 0.4) is 0 Å². The molecule has 0 aliphatic carbocycles. The van der Waals surface area contributed by atoms with E-state index in [1.807, 2.05) is 0 Å². The Morgan fingerprint density at radius 2 is 2.14 bits per heavy atom. The Labute approximate surface area is 164 Å². The second-order valence-corrected chi connectivity index (χ2v) is 7.33. The molecule has 144 valence electrons. The van der Waals surface area contributed by atoms with E-state index in [4.69, 9.17) is 5.73 Å². The summed E-state index contributed by atoms with van der Waals surface area (Å²) in [6, 6.07) is 11.1. The van der Waals surface area contributed by atoms with Crippen molar-refractivity contribution >= 4 is 34.3 Å². The van der Waals surface area contributed by atoms with Crippen LogP contribution in [0.4, 0.5) is 15.2 Å². The fourth-order valence-electron chi connectivity index (χ4n) is 2.73. The van der Waals surface area contributed by atoms with E-state index in [9.17, 15) is 19.1 Å². The van der Waals surface area contributed by atoms with Crippen molar-refractivity contribution < 1.29 is 19.1 Å². The summed E-state index contributed by atoms with van der Waals surface area (Å²) in [6.45, 7) is 1.63. The van der Waals surface area contributed by atoms with Gasteiger partial charge in [-0.05, 0) is 43.2 Å². The number of amides is 1. The maximum atomic E-state index is 14.6. The maximum absolute atomic E-state index is 14.6. The summed E-state index contributed by atoms with van der Waals surface area (Å²) >= 11 is 1.15. The van der Waals surface area contributed by atoms with E-state index in [1.54, 1.807) is 37.3 Å². The average Bonchev–Trinajstić information content (AvgIpc) is 3.05. The number of nitrogens with two attached hydrogens (primary N) is 1. The molecule has 0 aliphatic heterocycles. The number of aromatic nitrogens is 1. The van der Waals surface area contributed by atoms with Crippen molar-refractivity contribution in [3.63, 3.8) is 0 Å². The Balaban J connectivity index is 1.96. The van der Waals surface area contributed by atoms with Crippen molar-refractivity contribution in [3.8, 4) is 10.4 Å². The molecule has 3 aromatic rings. The molecule has 0 radical (unpaired) electrons. The van der Waals surface area contributed by atoms with Gasteiger partial charge in [0.05, 0.1) is 11.7 Å². The van der Waals surface area contributed by atoms with E-state index < -0.39 is 17.8 Å². The third-order valence-corrected chi connectivity index (χ3v) is 5.04. The van der Waals surface area contributed by atoms with Crippen LogP contribution < -0.4 is 11.1 Å². The summed E-state index contributed by atoms with van der Waals surface area (Å²) in [5.74, 6) is -0.751. The SMILES string of the molecule is CC(O)Cc1ccc(-c2cc(C(N)=O)c(Nc3cccc(C=O)n3)s2)c(F)c1. The average molecular weight is 399 g/mol. The molecule has 8 heteroatoms. The lowest BCUT2D eigenvalue weighted by Crippen LogP contribution is -2.11. The van der Waals surface area contributed by atoms with Crippen LogP contribution in [-0.2, 0) is 6.42 Å². The van der Waals surface area contributed by atoms with Crippen molar-refractivity contribution in [3.05, 3.63) is 65.1 Å².